The number of nitrogens with zero attached hydrogens (tertiary/aromatic N) is 5. The minimum Gasteiger partial charge on any atom is -0.338 e. The Morgan fingerprint density at radius 2 is 2.27 bits per heavy atom. The van der Waals surface area contributed by atoms with Crippen molar-refractivity contribution in [2.24, 2.45) is 0 Å². The fourth-order valence-corrected chi connectivity index (χ4v) is 4.61. The van der Waals surface area contributed by atoms with Crippen LogP contribution in [0.15, 0.2) is 37.6 Å². The van der Waals surface area contributed by atoms with Crippen molar-refractivity contribution in [3.05, 3.63) is 34.6 Å². The molecule has 1 amide bonds. The first kappa shape index (κ1) is 17.6. The summed E-state index contributed by atoms with van der Waals surface area (Å²) in [6, 6.07) is 8.01. The molecule has 0 aliphatic heterocycles. The molecule has 0 bridgehead atoms. The number of aromatic nitrogens is 4. The van der Waals surface area contributed by atoms with Crippen LogP contribution >= 0.6 is 39.0 Å². The van der Waals surface area contributed by atoms with Crippen LogP contribution in [0.4, 0.5) is 5.13 Å². The van der Waals surface area contributed by atoms with Crippen LogP contribution in [0.3, 0.4) is 0 Å². The van der Waals surface area contributed by atoms with Crippen LogP contribution in [-0.2, 0) is 10.5 Å². The molecule has 0 N–H and O–H groups in total. The number of hydrogen-bond donors (Lipinski definition) is 0. The molecule has 7 nitrogen and oxygen atoms in total. The lowest BCUT2D eigenvalue weighted by atomic mass is 10.2. The van der Waals surface area contributed by atoms with Crippen molar-refractivity contribution < 1.29 is 9.32 Å². The van der Waals surface area contributed by atoms with Gasteiger partial charge in [0.25, 0.3) is 0 Å². The van der Waals surface area contributed by atoms with Crippen LogP contribution in [0.5, 0.6) is 0 Å². The number of benzene rings is 1. The van der Waals surface area contributed by atoms with Crippen molar-refractivity contribution in [3.63, 3.8) is 0 Å². The van der Waals surface area contributed by atoms with Crippen LogP contribution in [0, 0.1) is 0 Å². The van der Waals surface area contributed by atoms with Crippen molar-refractivity contribution in [1.29, 1.82) is 0 Å². The minimum absolute atomic E-state index is 0.00997. The van der Waals surface area contributed by atoms with Gasteiger partial charge in [-0.3, -0.25) is 9.69 Å². The van der Waals surface area contributed by atoms with E-state index in [4.69, 9.17) is 4.52 Å². The predicted molar refractivity (Wildman–Crippen MR) is 103 cm³/mol. The second-order valence-corrected chi connectivity index (χ2v) is 8.88. The number of hydrogen-bond acceptors (Lipinski definition) is 8. The molecule has 3 aromatic rings. The van der Waals surface area contributed by atoms with Gasteiger partial charge in [0, 0.05) is 23.0 Å². The molecule has 26 heavy (non-hydrogen) atoms. The third kappa shape index (κ3) is 3.97. The Morgan fingerprint density at radius 1 is 1.42 bits per heavy atom. The highest BCUT2D eigenvalue weighted by Crippen LogP contribution is 2.36. The van der Waals surface area contributed by atoms with Crippen molar-refractivity contribution in [2.45, 2.75) is 35.9 Å². The van der Waals surface area contributed by atoms with Gasteiger partial charge in [-0.15, -0.1) is 10.2 Å². The van der Waals surface area contributed by atoms with Gasteiger partial charge >= 0.3 is 0 Å². The minimum atomic E-state index is 0.00997. The molecule has 2 heterocycles. The molecule has 1 saturated carbocycles. The lowest BCUT2D eigenvalue weighted by Crippen LogP contribution is -2.30. The second kappa shape index (κ2) is 7.45. The van der Waals surface area contributed by atoms with Gasteiger partial charge in [0.2, 0.25) is 22.8 Å². The Morgan fingerprint density at radius 3 is 3.00 bits per heavy atom. The van der Waals surface area contributed by atoms with E-state index in [9.17, 15) is 4.79 Å². The van der Waals surface area contributed by atoms with E-state index in [2.05, 4.69) is 36.3 Å². The van der Waals surface area contributed by atoms with E-state index < -0.39 is 0 Å². The SMILES string of the molecule is CC(=O)N(c1nnc(SCc2nc(-c3cccc(Br)c3)no2)s1)C1CC1. The van der Waals surface area contributed by atoms with Gasteiger partial charge in [0.05, 0.1) is 5.75 Å². The van der Waals surface area contributed by atoms with Crippen LogP contribution in [0.25, 0.3) is 11.4 Å². The summed E-state index contributed by atoms with van der Waals surface area (Å²) >= 11 is 6.31. The Bertz CT molecular complexity index is 940. The van der Waals surface area contributed by atoms with Gasteiger partial charge in [0.1, 0.15) is 0 Å². The Hall–Kier alpha value is -1.78. The molecular weight excluding hydrogens is 438 g/mol. The van der Waals surface area contributed by atoms with E-state index in [1.165, 1.54) is 23.1 Å². The number of amides is 1. The largest absolute Gasteiger partial charge is 0.338 e. The fraction of sp³-hybridized carbons (Fsp3) is 0.312. The van der Waals surface area contributed by atoms with E-state index >= 15 is 0 Å². The van der Waals surface area contributed by atoms with Gasteiger partial charge in [0.15, 0.2) is 4.34 Å². The maximum absolute atomic E-state index is 11.8. The molecule has 1 fully saturated rings. The average Bonchev–Trinajstić information content (AvgIpc) is 3.14. The van der Waals surface area contributed by atoms with Crippen molar-refractivity contribution in [1.82, 2.24) is 20.3 Å². The Kier molecular flexibility index (Phi) is 5.05. The number of rotatable bonds is 6. The Labute approximate surface area is 166 Å². The molecule has 1 aliphatic rings. The van der Waals surface area contributed by atoms with Crippen LogP contribution in [0.1, 0.15) is 25.7 Å². The predicted octanol–water partition coefficient (Wildman–Crippen LogP) is 4.16. The summed E-state index contributed by atoms with van der Waals surface area (Å²) in [5.74, 6) is 1.58. The maximum Gasteiger partial charge on any atom is 0.237 e. The molecule has 0 unspecified atom stereocenters. The summed E-state index contributed by atoms with van der Waals surface area (Å²) in [6.07, 6.45) is 2.06. The first-order valence-corrected chi connectivity index (χ1v) is 10.5. The topological polar surface area (TPSA) is 85.0 Å². The smallest absolute Gasteiger partial charge is 0.237 e. The highest BCUT2D eigenvalue weighted by atomic mass is 79.9. The number of thioether (sulfide) groups is 1. The quantitative estimate of drug-likeness (QED) is 0.410. The fourth-order valence-electron chi connectivity index (χ4n) is 2.42. The van der Waals surface area contributed by atoms with Gasteiger partial charge in [-0.05, 0) is 25.0 Å². The third-order valence-corrected chi connectivity index (χ3v) is 6.26. The zero-order valence-corrected chi connectivity index (χ0v) is 17.0. The van der Waals surface area contributed by atoms with E-state index in [0.29, 0.717) is 22.6 Å². The first-order valence-electron chi connectivity index (χ1n) is 7.95. The van der Waals surface area contributed by atoms with Gasteiger partial charge in [-0.2, -0.15) is 4.98 Å². The molecule has 0 atom stereocenters. The summed E-state index contributed by atoms with van der Waals surface area (Å²) in [7, 11) is 0. The average molecular weight is 452 g/mol. The standard InChI is InChI=1S/C16H14BrN5O2S2/c1-9(23)22(12-5-6-12)15-19-20-16(26-15)25-8-13-18-14(21-24-13)10-3-2-4-11(17)7-10/h2-4,7,12H,5-6,8H2,1H3. The van der Waals surface area contributed by atoms with Crippen molar-refractivity contribution in [2.75, 3.05) is 4.90 Å². The number of carbonyl (C=O) groups excluding carboxylic acids is 1. The van der Waals surface area contributed by atoms with Crippen molar-refractivity contribution in [3.8, 4) is 11.4 Å². The monoisotopic (exact) mass is 451 g/mol. The molecule has 4 rings (SSSR count). The van der Waals surface area contributed by atoms with E-state index in [-0.39, 0.29) is 11.9 Å². The number of anilines is 1. The molecule has 0 saturated heterocycles. The Balaban J connectivity index is 1.41. The molecule has 2 aromatic heterocycles. The molecule has 10 heteroatoms. The van der Waals surface area contributed by atoms with Crippen molar-refractivity contribution >= 4 is 50.1 Å². The summed E-state index contributed by atoms with van der Waals surface area (Å²) in [4.78, 5) is 18.0. The van der Waals surface area contributed by atoms with E-state index in [1.54, 1.807) is 11.8 Å². The summed E-state index contributed by atoms with van der Waals surface area (Å²) < 4.78 is 7.05. The van der Waals surface area contributed by atoms with Gasteiger partial charge < -0.3 is 4.52 Å². The highest BCUT2D eigenvalue weighted by Gasteiger charge is 2.34. The van der Waals surface area contributed by atoms with Gasteiger partial charge in [-0.1, -0.05) is 56.3 Å². The van der Waals surface area contributed by atoms with E-state index in [1.807, 2.05) is 24.3 Å². The molecule has 1 aromatic carbocycles. The van der Waals surface area contributed by atoms with Crippen LogP contribution in [0.2, 0.25) is 0 Å². The normalized spacial score (nSPS) is 13.8. The first-order chi connectivity index (χ1) is 12.6. The number of halogens is 1. The lowest BCUT2D eigenvalue weighted by Gasteiger charge is -2.15. The summed E-state index contributed by atoms with van der Waals surface area (Å²) in [5, 5.41) is 13.0. The summed E-state index contributed by atoms with van der Waals surface area (Å²) in [6.45, 7) is 1.56. The van der Waals surface area contributed by atoms with Crippen LogP contribution in [-0.4, -0.2) is 32.3 Å². The molecule has 134 valence electrons. The zero-order chi connectivity index (χ0) is 18.1. The second-order valence-electron chi connectivity index (χ2n) is 5.78. The molecule has 0 radical (unpaired) electrons. The molecule has 0 spiro atoms. The maximum atomic E-state index is 11.8. The number of carbonyl (C=O) groups is 1. The third-order valence-electron chi connectivity index (χ3n) is 3.72. The zero-order valence-electron chi connectivity index (χ0n) is 13.8. The summed E-state index contributed by atoms with van der Waals surface area (Å²) in [5.41, 5.74) is 0.888. The van der Waals surface area contributed by atoms with Crippen LogP contribution < -0.4 is 4.90 Å². The lowest BCUT2D eigenvalue weighted by molar-refractivity contribution is -0.116. The van der Waals surface area contributed by atoms with E-state index in [0.717, 1.165) is 27.2 Å². The highest BCUT2D eigenvalue weighted by molar-refractivity contribution is 9.10. The molecule has 1 aliphatic carbocycles. The van der Waals surface area contributed by atoms with Gasteiger partial charge in [-0.25, -0.2) is 0 Å². The molecular formula is C16H14BrN5O2S2.